The summed E-state index contributed by atoms with van der Waals surface area (Å²) >= 11 is 0. The number of rotatable bonds is 6. The fourth-order valence-electron chi connectivity index (χ4n) is 4.21. The predicted molar refractivity (Wildman–Crippen MR) is 132 cm³/mol. The van der Waals surface area contributed by atoms with Crippen molar-refractivity contribution < 1.29 is 17.9 Å². The van der Waals surface area contributed by atoms with Gasteiger partial charge in [-0.05, 0) is 55.8 Å². The second kappa shape index (κ2) is 9.53. The number of para-hydroxylation sites is 1. The van der Waals surface area contributed by atoms with Gasteiger partial charge < -0.3 is 9.30 Å². The molecule has 0 saturated heterocycles. The smallest absolute Gasteiger partial charge is 0.421 e. The van der Waals surface area contributed by atoms with Crippen molar-refractivity contribution in [3.63, 3.8) is 0 Å². The molecule has 0 radical (unpaired) electrons. The lowest BCUT2D eigenvalue weighted by molar-refractivity contribution is -0.138. The minimum absolute atomic E-state index is 0.0918. The van der Waals surface area contributed by atoms with Gasteiger partial charge in [0.15, 0.2) is 0 Å². The summed E-state index contributed by atoms with van der Waals surface area (Å²) in [7, 11) is 0. The number of alkyl halides is 3. The third kappa shape index (κ3) is 4.82. The average Bonchev–Trinajstić information content (AvgIpc) is 3.39. The molecular weight excluding hydrogens is 483 g/mol. The minimum atomic E-state index is -4.74. The molecule has 1 aromatic carbocycles. The highest BCUT2D eigenvalue weighted by Crippen LogP contribution is 2.30. The van der Waals surface area contributed by atoms with Crippen molar-refractivity contribution >= 4 is 10.9 Å². The van der Waals surface area contributed by atoms with E-state index in [0.29, 0.717) is 22.5 Å². The molecule has 10 heteroatoms. The summed E-state index contributed by atoms with van der Waals surface area (Å²) < 4.78 is 48.7. The molecule has 0 atom stereocenters. The number of aryl methyl sites for hydroxylation is 2. The highest BCUT2D eigenvalue weighted by molar-refractivity contribution is 5.91. The Morgan fingerprint density at radius 2 is 1.84 bits per heavy atom. The van der Waals surface area contributed by atoms with Gasteiger partial charge in [-0.2, -0.15) is 18.3 Å². The van der Waals surface area contributed by atoms with Gasteiger partial charge in [0.05, 0.1) is 17.9 Å². The Bertz CT molecular complexity index is 1640. The molecule has 0 aliphatic rings. The first-order valence-electron chi connectivity index (χ1n) is 11.5. The Morgan fingerprint density at radius 3 is 2.59 bits per heavy atom. The van der Waals surface area contributed by atoms with Crippen LogP contribution in [0.4, 0.5) is 13.2 Å². The maximum Gasteiger partial charge on any atom is 0.421 e. The standard InChI is InChI=1S/C27H22F3N5O2/c1-17-9-11-31-22(15-34-12-4-7-21(26(34)36)27(28,29)30)20(17)16-37-24-8-3-6-19-23(35-13-5-10-32-35)14-18(2)33-25(19)24/h3-14H,15-16H2,1-2H3. The first-order chi connectivity index (χ1) is 17.7. The average molecular weight is 506 g/mol. The lowest BCUT2D eigenvalue weighted by Gasteiger charge is -2.16. The zero-order valence-corrected chi connectivity index (χ0v) is 20.0. The summed E-state index contributed by atoms with van der Waals surface area (Å²) in [6, 6.07) is 13.2. The van der Waals surface area contributed by atoms with Gasteiger partial charge in [-0.3, -0.25) is 9.78 Å². The topological polar surface area (TPSA) is 74.8 Å². The molecule has 37 heavy (non-hydrogen) atoms. The maximum absolute atomic E-state index is 13.2. The number of hydrogen-bond acceptors (Lipinski definition) is 5. The van der Waals surface area contributed by atoms with E-state index in [1.807, 2.05) is 50.4 Å². The van der Waals surface area contributed by atoms with Gasteiger partial charge in [-0.25, -0.2) is 9.67 Å². The Balaban J connectivity index is 1.49. The highest BCUT2D eigenvalue weighted by Gasteiger charge is 2.34. The van der Waals surface area contributed by atoms with Crippen LogP contribution in [0.25, 0.3) is 16.6 Å². The second-order valence-corrected chi connectivity index (χ2v) is 8.58. The summed E-state index contributed by atoms with van der Waals surface area (Å²) in [4.78, 5) is 21.5. The molecule has 0 aliphatic heterocycles. The quantitative estimate of drug-likeness (QED) is 0.316. The SMILES string of the molecule is Cc1cc(-n2cccn2)c2cccc(OCc3c(C)ccnc3Cn3cccc(C(F)(F)F)c3=O)c2n1. The maximum atomic E-state index is 13.2. The van der Waals surface area contributed by atoms with E-state index in [1.54, 1.807) is 23.1 Å². The molecule has 0 saturated carbocycles. The molecule has 0 N–H and O–H groups in total. The van der Waals surface area contributed by atoms with Gasteiger partial charge in [0, 0.05) is 41.4 Å². The van der Waals surface area contributed by atoms with E-state index >= 15 is 0 Å². The number of halogens is 3. The highest BCUT2D eigenvalue weighted by atomic mass is 19.4. The van der Waals surface area contributed by atoms with Gasteiger partial charge in [-0.1, -0.05) is 12.1 Å². The van der Waals surface area contributed by atoms with Gasteiger partial charge in [0.1, 0.15) is 23.4 Å². The minimum Gasteiger partial charge on any atom is -0.487 e. The molecule has 188 valence electrons. The van der Waals surface area contributed by atoms with Crippen LogP contribution in [-0.2, 0) is 19.3 Å². The van der Waals surface area contributed by atoms with Crippen LogP contribution in [0.15, 0.2) is 78.1 Å². The van der Waals surface area contributed by atoms with Crippen LogP contribution in [0.1, 0.15) is 28.1 Å². The van der Waals surface area contributed by atoms with Crippen LogP contribution in [0, 0.1) is 13.8 Å². The predicted octanol–water partition coefficient (Wildman–Crippen LogP) is 5.24. The third-order valence-corrected chi connectivity index (χ3v) is 6.06. The Kier molecular flexibility index (Phi) is 6.24. The first-order valence-corrected chi connectivity index (χ1v) is 11.5. The summed E-state index contributed by atoms with van der Waals surface area (Å²) in [5, 5.41) is 5.19. The zero-order chi connectivity index (χ0) is 26.2. The van der Waals surface area contributed by atoms with E-state index in [2.05, 4.69) is 15.1 Å². The fraction of sp³-hybridized carbons (Fsp3) is 0.185. The van der Waals surface area contributed by atoms with Crippen molar-refractivity contribution in [1.82, 2.24) is 24.3 Å². The zero-order valence-electron chi connectivity index (χ0n) is 20.0. The van der Waals surface area contributed by atoms with E-state index in [-0.39, 0.29) is 13.2 Å². The Labute approximate surface area is 209 Å². The summed E-state index contributed by atoms with van der Waals surface area (Å²) in [6.45, 7) is 3.72. The van der Waals surface area contributed by atoms with Crippen molar-refractivity contribution in [2.75, 3.05) is 0 Å². The lowest BCUT2D eigenvalue weighted by atomic mass is 10.1. The monoisotopic (exact) mass is 505 g/mol. The number of benzene rings is 1. The summed E-state index contributed by atoms with van der Waals surface area (Å²) in [5.41, 5.74) is 1.94. The largest absolute Gasteiger partial charge is 0.487 e. The van der Waals surface area contributed by atoms with Gasteiger partial charge in [0.25, 0.3) is 5.56 Å². The van der Waals surface area contributed by atoms with Gasteiger partial charge >= 0.3 is 6.18 Å². The van der Waals surface area contributed by atoms with Crippen molar-refractivity contribution in [3.05, 3.63) is 112 Å². The van der Waals surface area contributed by atoms with E-state index in [9.17, 15) is 18.0 Å². The van der Waals surface area contributed by atoms with Crippen LogP contribution >= 0.6 is 0 Å². The molecular formula is C27H22F3N5O2. The van der Waals surface area contributed by atoms with Crippen LogP contribution in [0.5, 0.6) is 5.75 Å². The Hall–Kier alpha value is -4.47. The van der Waals surface area contributed by atoms with E-state index in [1.165, 1.54) is 12.3 Å². The van der Waals surface area contributed by atoms with Gasteiger partial charge in [0.2, 0.25) is 0 Å². The van der Waals surface area contributed by atoms with E-state index in [0.717, 1.165) is 33.0 Å². The van der Waals surface area contributed by atoms with Crippen molar-refractivity contribution in [3.8, 4) is 11.4 Å². The molecule has 5 aromatic rings. The number of nitrogens with zero attached hydrogens (tertiary/aromatic N) is 5. The number of aromatic nitrogens is 5. The fourth-order valence-corrected chi connectivity index (χ4v) is 4.21. The van der Waals surface area contributed by atoms with Gasteiger partial charge in [-0.15, -0.1) is 0 Å². The number of pyridine rings is 3. The van der Waals surface area contributed by atoms with Crippen LogP contribution in [0.3, 0.4) is 0 Å². The van der Waals surface area contributed by atoms with Crippen LogP contribution in [0.2, 0.25) is 0 Å². The molecule has 0 unspecified atom stereocenters. The molecule has 7 nitrogen and oxygen atoms in total. The summed E-state index contributed by atoms with van der Waals surface area (Å²) in [6.07, 6.45) is 1.69. The number of ether oxygens (including phenoxy) is 1. The summed E-state index contributed by atoms with van der Waals surface area (Å²) in [5.74, 6) is 0.542. The van der Waals surface area contributed by atoms with E-state index in [4.69, 9.17) is 4.74 Å². The van der Waals surface area contributed by atoms with Crippen LogP contribution in [-0.4, -0.2) is 24.3 Å². The Morgan fingerprint density at radius 1 is 1.00 bits per heavy atom. The number of fused-ring (bicyclic) bond motifs is 1. The van der Waals surface area contributed by atoms with E-state index < -0.39 is 17.3 Å². The first kappa shape index (κ1) is 24.2. The van der Waals surface area contributed by atoms with Crippen molar-refractivity contribution in [2.24, 2.45) is 0 Å². The lowest BCUT2D eigenvalue weighted by Crippen LogP contribution is -2.29. The molecule has 4 aromatic heterocycles. The van der Waals surface area contributed by atoms with Crippen molar-refractivity contribution in [1.29, 1.82) is 0 Å². The molecule has 0 fully saturated rings. The number of hydrogen-bond donors (Lipinski definition) is 0. The normalized spacial score (nSPS) is 11.7. The van der Waals surface area contributed by atoms with Crippen LogP contribution < -0.4 is 10.3 Å². The molecule has 0 bridgehead atoms. The molecule has 4 heterocycles. The molecule has 0 amide bonds. The molecule has 0 spiro atoms. The third-order valence-electron chi connectivity index (χ3n) is 6.06. The molecule has 5 rings (SSSR count). The second-order valence-electron chi connectivity index (χ2n) is 8.58. The molecule has 0 aliphatic carbocycles. The van der Waals surface area contributed by atoms with Crippen molar-refractivity contribution in [2.45, 2.75) is 33.2 Å².